The summed E-state index contributed by atoms with van der Waals surface area (Å²) in [5.74, 6) is 1.25. The van der Waals surface area contributed by atoms with E-state index < -0.39 is 0 Å². The van der Waals surface area contributed by atoms with Crippen molar-refractivity contribution in [3.05, 3.63) is 59.9 Å². The number of rotatable bonds is 6. The van der Waals surface area contributed by atoms with Crippen LogP contribution in [0.1, 0.15) is 22.8 Å². The fourth-order valence-corrected chi connectivity index (χ4v) is 1.84. The Morgan fingerprint density at radius 3 is 2.81 bits per heavy atom. The van der Waals surface area contributed by atoms with Gasteiger partial charge in [-0.15, -0.1) is 0 Å². The molecule has 0 spiro atoms. The van der Waals surface area contributed by atoms with Crippen LogP contribution in [0.15, 0.2) is 48.8 Å². The Kier molecular flexibility index (Phi) is 5.10. The lowest BCUT2D eigenvalue weighted by Gasteiger charge is -2.09. The SMILES string of the molecule is CCOc1cc(C=CC(=O)c2cccnc2)ccc1OC. The standard InChI is InChI=1S/C17H17NO3/c1-3-21-17-11-13(7-9-16(17)20-2)6-8-15(19)14-5-4-10-18-12-14/h4-12H,3H2,1-2H3. The van der Waals surface area contributed by atoms with E-state index in [0.29, 0.717) is 23.7 Å². The molecule has 0 amide bonds. The third-order valence-corrected chi connectivity index (χ3v) is 2.86. The minimum absolute atomic E-state index is 0.0862. The molecule has 0 saturated carbocycles. The van der Waals surface area contributed by atoms with Crippen LogP contribution >= 0.6 is 0 Å². The van der Waals surface area contributed by atoms with Crippen LogP contribution < -0.4 is 9.47 Å². The number of nitrogens with zero attached hydrogens (tertiary/aromatic N) is 1. The Morgan fingerprint density at radius 2 is 2.14 bits per heavy atom. The van der Waals surface area contributed by atoms with E-state index in [0.717, 1.165) is 5.56 Å². The van der Waals surface area contributed by atoms with Crippen molar-refractivity contribution in [1.29, 1.82) is 0 Å². The predicted molar refractivity (Wildman–Crippen MR) is 81.8 cm³/mol. The summed E-state index contributed by atoms with van der Waals surface area (Å²) in [5, 5.41) is 0. The number of carbonyl (C=O) groups excluding carboxylic acids is 1. The lowest BCUT2D eigenvalue weighted by Crippen LogP contribution is -1.96. The van der Waals surface area contributed by atoms with Crippen LogP contribution in [-0.4, -0.2) is 24.5 Å². The van der Waals surface area contributed by atoms with Crippen LogP contribution in [-0.2, 0) is 0 Å². The molecule has 108 valence electrons. The molecule has 0 bridgehead atoms. The van der Waals surface area contributed by atoms with E-state index in [9.17, 15) is 4.79 Å². The molecule has 0 aliphatic carbocycles. The van der Waals surface area contributed by atoms with Gasteiger partial charge < -0.3 is 9.47 Å². The van der Waals surface area contributed by atoms with Crippen molar-refractivity contribution in [2.75, 3.05) is 13.7 Å². The number of methoxy groups -OCH3 is 1. The summed E-state index contributed by atoms with van der Waals surface area (Å²) in [6.07, 6.45) is 6.45. The smallest absolute Gasteiger partial charge is 0.187 e. The largest absolute Gasteiger partial charge is 0.493 e. The quantitative estimate of drug-likeness (QED) is 0.602. The zero-order chi connectivity index (χ0) is 15.1. The van der Waals surface area contributed by atoms with E-state index in [1.165, 1.54) is 6.08 Å². The Balaban J connectivity index is 2.17. The number of ether oxygens (including phenoxy) is 2. The van der Waals surface area contributed by atoms with E-state index in [1.54, 1.807) is 37.7 Å². The summed E-state index contributed by atoms with van der Waals surface area (Å²) in [6.45, 7) is 2.46. The van der Waals surface area contributed by atoms with Crippen molar-refractivity contribution in [3.8, 4) is 11.5 Å². The molecular weight excluding hydrogens is 266 g/mol. The second-order valence-electron chi connectivity index (χ2n) is 4.28. The molecule has 1 heterocycles. The highest BCUT2D eigenvalue weighted by molar-refractivity contribution is 6.06. The first kappa shape index (κ1) is 14.8. The van der Waals surface area contributed by atoms with Gasteiger partial charge in [-0.25, -0.2) is 0 Å². The Hall–Kier alpha value is -2.62. The zero-order valence-electron chi connectivity index (χ0n) is 12.1. The summed E-state index contributed by atoms with van der Waals surface area (Å²) in [6, 6.07) is 9.00. The maximum atomic E-state index is 12.0. The van der Waals surface area contributed by atoms with Crippen LogP contribution in [0.5, 0.6) is 11.5 Å². The Bertz CT molecular complexity index is 636. The molecule has 2 aromatic rings. The minimum atomic E-state index is -0.0862. The fourth-order valence-electron chi connectivity index (χ4n) is 1.84. The molecule has 2 rings (SSSR count). The van der Waals surface area contributed by atoms with Crippen LogP contribution in [0.4, 0.5) is 0 Å². The number of hydrogen-bond donors (Lipinski definition) is 0. The fraction of sp³-hybridized carbons (Fsp3) is 0.176. The molecule has 0 radical (unpaired) electrons. The monoisotopic (exact) mass is 283 g/mol. The van der Waals surface area contributed by atoms with Gasteiger partial charge in [0.15, 0.2) is 17.3 Å². The second kappa shape index (κ2) is 7.24. The molecule has 0 fully saturated rings. The predicted octanol–water partition coefficient (Wildman–Crippen LogP) is 3.39. The van der Waals surface area contributed by atoms with E-state index >= 15 is 0 Å². The van der Waals surface area contributed by atoms with Gasteiger partial charge in [0.25, 0.3) is 0 Å². The number of hydrogen-bond acceptors (Lipinski definition) is 4. The van der Waals surface area contributed by atoms with Crippen LogP contribution in [0.3, 0.4) is 0 Å². The topological polar surface area (TPSA) is 48.4 Å². The lowest BCUT2D eigenvalue weighted by molar-refractivity contribution is 0.104. The third kappa shape index (κ3) is 3.92. The van der Waals surface area contributed by atoms with Crippen molar-refractivity contribution in [2.45, 2.75) is 6.92 Å². The van der Waals surface area contributed by atoms with Crippen molar-refractivity contribution in [3.63, 3.8) is 0 Å². The first-order valence-electron chi connectivity index (χ1n) is 6.68. The van der Waals surface area contributed by atoms with Crippen molar-refractivity contribution in [2.24, 2.45) is 0 Å². The molecule has 1 aromatic heterocycles. The van der Waals surface area contributed by atoms with Gasteiger partial charge in [-0.3, -0.25) is 9.78 Å². The van der Waals surface area contributed by atoms with E-state index in [1.807, 2.05) is 25.1 Å². The molecule has 4 heteroatoms. The summed E-state index contributed by atoms with van der Waals surface area (Å²) < 4.78 is 10.7. The number of carbonyl (C=O) groups is 1. The number of benzene rings is 1. The van der Waals surface area contributed by atoms with E-state index in [4.69, 9.17) is 9.47 Å². The van der Waals surface area contributed by atoms with Gasteiger partial charge in [-0.05, 0) is 42.8 Å². The van der Waals surface area contributed by atoms with Gasteiger partial charge in [0.1, 0.15) is 0 Å². The van der Waals surface area contributed by atoms with Gasteiger partial charge in [0.05, 0.1) is 13.7 Å². The van der Waals surface area contributed by atoms with Crippen molar-refractivity contribution >= 4 is 11.9 Å². The second-order valence-corrected chi connectivity index (χ2v) is 4.28. The molecular formula is C17H17NO3. The van der Waals surface area contributed by atoms with Gasteiger partial charge in [0, 0.05) is 18.0 Å². The van der Waals surface area contributed by atoms with Crippen LogP contribution in [0.25, 0.3) is 6.08 Å². The highest BCUT2D eigenvalue weighted by Gasteiger charge is 2.05. The van der Waals surface area contributed by atoms with Crippen LogP contribution in [0.2, 0.25) is 0 Å². The van der Waals surface area contributed by atoms with Crippen molar-refractivity contribution in [1.82, 2.24) is 4.98 Å². The molecule has 0 unspecified atom stereocenters. The van der Waals surface area contributed by atoms with Crippen molar-refractivity contribution < 1.29 is 14.3 Å². The van der Waals surface area contributed by atoms with Gasteiger partial charge in [-0.1, -0.05) is 12.1 Å². The molecule has 0 atom stereocenters. The maximum absolute atomic E-state index is 12.0. The van der Waals surface area contributed by atoms with Gasteiger partial charge in [0.2, 0.25) is 0 Å². The summed E-state index contributed by atoms with van der Waals surface area (Å²) in [4.78, 5) is 15.9. The Labute approximate surface area is 124 Å². The molecule has 0 N–H and O–H groups in total. The maximum Gasteiger partial charge on any atom is 0.187 e. The van der Waals surface area contributed by atoms with Gasteiger partial charge >= 0.3 is 0 Å². The average molecular weight is 283 g/mol. The highest BCUT2D eigenvalue weighted by atomic mass is 16.5. The van der Waals surface area contributed by atoms with E-state index in [2.05, 4.69) is 4.98 Å². The summed E-state index contributed by atoms with van der Waals surface area (Å²) in [5.41, 5.74) is 1.43. The first-order valence-corrected chi connectivity index (χ1v) is 6.68. The van der Waals surface area contributed by atoms with E-state index in [-0.39, 0.29) is 5.78 Å². The third-order valence-electron chi connectivity index (χ3n) is 2.86. The molecule has 4 nitrogen and oxygen atoms in total. The molecule has 0 aliphatic heterocycles. The summed E-state index contributed by atoms with van der Waals surface area (Å²) in [7, 11) is 1.60. The van der Waals surface area contributed by atoms with Crippen LogP contribution in [0, 0.1) is 0 Å². The average Bonchev–Trinajstić information content (AvgIpc) is 2.54. The first-order chi connectivity index (χ1) is 10.2. The molecule has 0 aliphatic rings. The highest BCUT2D eigenvalue weighted by Crippen LogP contribution is 2.28. The lowest BCUT2D eigenvalue weighted by atomic mass is 10.1. The zero-order valence-corrected chi connectivity index (χ0v) is 12.1. The number of allylic oxidation sites excluding steroid dienone is 1. The number of aromatic nitrogens is 1. The number of pyridine rings is 1. The molecule has 0 saturated heterocycles. The molecule has 21 heavy (non-hydrogen) atoms. The normalized spacial score (nSPS) is 10.6. The molecule has 1 aromatic carbocycles. The summed E-state index contributed by atoms with van der Waals surface area (Å²) >= 11 is 0. The van der Waals surface area contributed by atoms with Gasteiger partial charge in [-0.2, -0.15) is 0 Å². The Morgan fingerprint density at radius 1 is 1.29 bits per heavy atom. The number of ketones is 1. The minimum Gasteiger partial charge on any atom is -0.493 e.